The first-order valence-corrected chi connectivity index (χ1v) is 6.83. The fraction of sp³-hybridized carbons (Fsp3) is 0.455. The lowest BCUT2D eigenvalue weighted by Crippen LogP contribution is -2.18. The molecule has 0 aromatic carbocycles. The zero-order valence-corrected chi connectivity index (χ0v) is 12.9. The van der Waals surface area contributed by atoms with Crippen molar-refractivity contribution in [2.24, 2.45) is 5.16 Å². The molecule has 0 N–H and O–H groups in total. The Morgan fingerprint density at radius 2 is 2.12 bits per heavy atom. The number of halogens is 3. The SMILES string of the molecule is CC(C)(C)ON=C(CBr)c1ncc(Cl)cc1Cl. The number of hydrogen-bond donors (Lipinski definition) is 0. The molecule has 0 radical (unpaired) electrons. The molecule has 0 saturated heterocycles. The maximum absolute atomic E-state index is 6.05. The molecule has 0 amide bonds. The predicted octanol–water partition coefficient (Wildman–Crippen LogP) is 4.30. The maximum atomic E-state index is 6.05. The van der Waals surface area contributed by atoms with Gasteiger partial charge in [0.05, 0.1) is 15.4 Å². The molecule has 94 valence electrons. The summed E-state index contributed by atoms with van der Waals surface area (Å²) in [5.41, 5.74) is 0.838. The van der Waals surface area contributed by atoms with Crippen LogP contribution in [0.1, 0.15) is 26.5 Å². The fourth-order valence-electron chi connectivity index (χ4n) is 0.950. The molecule has 0 aliphatic rings. The molecule has 6 heteroatoms. The van der Waals surface area contributed by atoms with Crippen molar-refractivity contribution in [3.05, 3.63) is 28.0 Å². The van der Waals surface area contributed by atoms with Gasteiger partial charge in [-0.1, -0.05) is 44.3 Å². The van der Waals surface area contributed by atoms with E-state index in [-0.39, 0.29) is 5.60 Å². The van der Waals surface area contributed by atoms with Crippen molar-refractivity contribution in [3.63, 3.8) is 0 Å². The molecule has 0 saturated carbocycles. The highest BCUT2D eigenvalue weighted by Gasteiger charge is 2.14. The molecule has 0 aliphatic heterocycles. The Balaban J connectivity index is 3.01. The van der Waals surface area contributed by atoms with Gasteiger partial charge >= 0.3 is 0 Å². The van der Waals surface area contributed by atoms with Crippen molar-refractivity contribution < 1.29 is 4.84 Å². The van der Waals surface area contributed by atoms with Crippen LogP contribution in [-0.4, -0.2) is 21.6 Å². The maximum Gasteiger partial charge on any atom is 0.129 e. The average molecular weight is 340 g/mol. The van der Waals surface area contributed by atoms with Gasteiger partial charge in [0.1, 0.15) is 17.0 Å². The normalized spacial score (nSPS) is 12.7. The Morgan fingerprint density at radius 1 is 1.47 bits per heavy atom. The van der Waals surface area contributed by atoms with Crippen LogP contribution in [0.5, 0.6) is 0 Å². The van der Waals surface area contributed by atoms with Gasteiger partial charge in [0.25, 0.3) is 0 Å². The van der Waals surface area contributed by atoms with E-state index in [1.807, 2.05) is 20.8 Å². The number of nitrogens with zero attached hydrogens (tertiary/aromatic N) is 2. The van der Waals surface area contributed by atoms with Gasteiger partial charge in [-0.3, -0.25) is 4.98 Å². The van der Waals surface area contributed by atoms with Gasteiger partial charge < -0.3 is 4.84 Å². The standard InChI is InChI=1S/C11H13BrCl2N2O/c1-11(2,3)17-16-9(5-12)10-8(14)4-7(13)6-15-10/h4,6H,5H2,1-3H3. The Kier molecular flexibility index (Phi) is 5.22. The van der Waals surface area contributed by atoms with Gasteiger partial charge in [0.15, 0.2) is 0 Å². The van der Waals surface area contributed by atoms with Crippen LogP contribution < -0.4 is 0 Å². The number of pyridine rings is 1. The first kappa shape index (κ1) is 14.7. The van der Waals surface area contributed by atoms with Crippen molar-refractivity contribution in [2.75, 3.05) is 5.33 Å². The van der Waals surface area contributed by atoms with Gasteiger partial charge in [-0.2, -0.15) is 0 Å². The lowest BCUT2D eigenvalue weighted by molar-refractivity contribution is 0.000982. The second kappa shape index (κ2) is 6.03. The van der Waals surface area contributed by atoms with Crippen LogP contribution in [-0.2, 0) is 4.84 Å². The molecule has 0 spiro atoms. The Labute approximate surface area is 119 Å². The third-order valence-electron chi connectivity index (χ3n) is 1.64. The summed E-state index contributed by atoms with van der Waals surface area (Å²) >= 11 is 15.2. The average Bonchev–Trinajstić information content (AvgIpc) is 2.19. The zero-order chi connectivity index (χ0) is 13.1. The molecule has 0 unspecified atom stereocenters. The first-order chi connectivity index (χ1) is 7.83. The van der Waals surface area contributed by atoms with Gasteiger partial charge in [0.2, 0.25) is 0 Å². The van der Waals surface area contributed by atoms with E-state index in [2.05, 4.69) is 26.1 Å². The molecule has 0 aliphatic carbocycles. The summed E-state index contributed by atoms with van der Waals surface area (Å²) < 4.78 is 0. The van der Waals surface area contributed by atoms with Crippen molar-refractivity contribution in [1.29, 1.82) is 0 Å². The second-order valence-corrected chi connectivity index (χ2v) is 5.76. The molecule has 1 aromatic rings. The molecular weight excluding hydrogens is 327 g/mol. The second-order valence-electron chi connectivity index (χ2n) is 4.36. The van der Waals surface area contributed by atoms with Crippen LogP contribution in [0.15, 0.2) is 17.4 Å². The highest BCUT2D eigenvalue weighted by atomic mass is 79.9. The van der Waals surface area contributed by atoms with E-state index in [1.165, 1.54) is 6.20 Å². The minimum absolute atomic E-state index is 0.355. The Hall–Kier alpha value is -0.320. The van der Waals surface area contributed by atoms with Crippen molar-refractivity contribution >= 4 is 44.8 Å². The monoisotopic (exact) mass is 338 g/mol. The van der Waals surface area contributed by atoms with E-state index < -0.39 is 0 Å². The number of rotatable bonds is 3. The van der Waals surface area contributed by atoms with E-state index in [4.69, 9.17) is 28.0 Å². The van der Waals surface area contributed by atoms with Crippen molar-refractivity contribution in [3.8, 4) is 0 Å². The van der Waals surface area contributed by atoms with Crippen LogP contribution >= 0.6 is 39.1 Å². The number of aromatic nitrogens is 1. The summed E-state index contributed by atoms with van der Waals surface area (Å²) in [5.74, 6) is 0. The molecule has 1 rings (SSSR count). The Morgan fingerprint density at radius 3 is 2.59 bits per heavy atom. The van der Waals surface area contributed by atoms with Crippen molar-refractivity contribution in [1.82, 2.24) is 4.98 Å². The van der Waals surface area contributed by atoms with Crippen LogP contribution in [0.3, 0.4) is 0 Å². The number of alkyl halides is 1. The van der Waals surface area contributed by atoms with Crippen molar-refractivity contribution in [2.45, 2.75) is 26.4 Å². The molecule has 3 nitrogen and oxygen atoms in total. The van der Waals surface area contributed by atoms with E-state index in [0.29, 0.717) is 26.8 Å². The van der Waals surface area contributed by atoms with E-state index in [0.717, 1.165) is 0 Å². The van der Waals surface area contributed by atoms with Gasteiger partial charge in [-0.05, 0) is 26.8 Å². The summed E-state index contributed by atoms with van der Waals surface area (Å²) in [7, 11) is 0. The van der Waals surface area contributed by atoms with E-state index in [9.17, 15) is 0 Å². The molecule has 1 aromatic heterocycles. The summed E-state index contributed by atoms with van der Waals surface area (Å²) in [6, 6.07) is 1.63. The fourth-order valence-corrected chi connectivity index (χ4v) is 1.81. The largest absolute Gasteiger partial charge is 0.390 e. The predicted molar refractivity (Wildman–Crippen MR) is 75.4 cm³/mol. The highest BCUT2D eigenvalue weighted by Crippen LogP contribution is 2.20. The summed E-state index contributed by atoms with van der Waals surface area (Å²) in [6.07, 6.45) is 1.53. The third-order valence-corrected chi connectivity index (χ3v) is 2.66. The first-order valence-electron chi connectivity index (χ1n) is 4.96. The minimum Gasteiger partial charge on any atom is -0.390 e. The summed E-state index contributed by atoms with van der Waals surface area (Å²) in [6.45, 7) is 5.75. The molecule has 0 atom stereocenters. The van der Waals surface area contributed by atoms with E-state index in [1.54, 1.807) is 6.07 Å². The van der Waals surface area contributed by atoms with Gasteiger partial charge in [-0.25, -0.2) is 0 Å². The summed E-state index contributed by atoms with van der Waals surface area (Å²) in [4.78, 5) is 9.49. The van der Waals surface area contributed by atoms with Crippen LogP contribution in [0.25, 0.3) is 0 Å². The van der Waals surface area contributed by atoms with Gasteiger partial charge in [0, 0.05) is 6.20 Å². The molecule has 1 heterocycles. The number of oxime groups is 1. The molecular formula is C11H13BrCl2N2O. The molecule has 17 heavy (non-hydrogen) atoms. The van der Waals surface area contributed by atoms with Crippen LogP contribution in [0.2, 0.25) is 10.0 Å². The topological polar surface area (TPSA) is 34.5 Å². The lowest BCUT2D eigenvalue weighted by atomic mass is 10.2. The van der Waals surface area contributed by atoms with Gasteiger partial charge in [-0.15, -0.1) is 0 Å². The highest BCUT2D eigenvalue weighted by molar-refractivity contribution is 9.09. The smallest absolute Gasteiger partial charge is 0.129 e. The summed E-state index contributed by atoms with van der Waals surface area (Å²) in [5, 5.41) is 5.49. The zero-order valence-electron chi connectivity index (χ0n) is 9.80. The van der Waals surface area contributed by atoms with E-state index >= 15 is 0 Å². The lowest BCUT2D eigenvalue weighted by Gasteiger charge is -2.16. The quantitative estimate of drug-likeness (QED) is 0.467. The Bertz CT molecular complexity index is 430. The van der Waals surface area contributed by atoms with Crippen LogP contribution in [0.4, 0.5) is 0 Å². The minimum atomic E-state index is -0.355. The molecule has 0 fully saturated rings. The molecule has 0 bridgehead atoms. The third kappa shape index (κ3) is 4.82. The van der Waals surface area contributed by atoms with Crippen LogP contribution in [0, 0.1) is 0 Å². The number of hydrogen-bond acceptors (Lipinski definition) is 3.